The molecular formula is C6H4AuK2O3S2. The molecule has 0 aliphatic rings. The van der Waals surface area contributed by atoms with Crippen LogP contribution in [0.1, 0.15) is 0 Å². The van der Waals surface area contributed by atoms with Crippen LogP contribution in [0, 0.1) is 0 Å². The summed E-state index contributed by atoms with van der Waals surface area (Å²) in [4.78, 5) is 1.52. The molecule has 71 valence electrons. The Balaban J connectivity index is -0.000000403. The molecule has 0 heterocycles. The zero-order valence-electron chi connectivity index (χ0n) is 7.65. The van der Waals surface area contributed by atoms with Gasteiger partial charge in [0, 0.05) is 56.3 Å². The van der Waals surface area contributed by atoms with Gasteiger partial charge in [0.15, 0.2) is 0 Å². The Bertz CT molecular complexity index is 225. The van der Waals surface area contributed by atoms with E-state index in [9.17, 15) is 5.26 Å². The Hall–Kier alpha value is 3.68. The smallest absolute Gasteiger partial charge is 0.780 e. The second kappa shape index (κ2) is 14.7. The van der Waals surface area contributed by atoms with Crippen molar-refractivity contribution in [1.82, 2.24) is 0 Å². The first-order chi connectivity index (χ1) is 5.33. The molecule has 0 spiro atoms. The monoisotopic (exact) mass is 463 g/mol. The fraction of sp³-hybridized carbons (Fsp3) is 0. The molecule has 0 atom stereocenters. The van der Waals surface area contributed by atoms with Crippen LogP contribution in [0.5, 0.6) is 0 Å². The van der Waals surface area contributed by atoms with Crippen molar-refractivity contribution in [2.24, 2.45) is 0 Å². The molecule has 0 bridgehead atoms. The third kappa shape index (κ3) is 10.8. The molecule has 0 aliphatic carbocycles. The zero-order valence-corrected chi connectivity index (χ0v) is 17.7. The maximum Gasteiger partial charge on any atom is 1.00 e. The number of hydrogen-bond donors (Lipinski definition) is 0. The predicted octanol–water partition coefficient (Wildman–Crippen LogP) is -2.56. The van der Waals surface area contributed by atoms with Crippen LogP contribution in [0.3, 0.4) is 0 Å². The summed E-state index contributed by atoms with van der Waals surface area (Å²) in [5.41, 5.74) is 0. The Morgan fingerprint density at radius 2 is 1.71 bits per heavy atom. The van der Waals surface area contributed by atoms with Gasteiger partial charge in [-0.15, -0.1) is 0 Å². The fourth-order valence-electron chi connectivity index (χ4n) is 0.548. The molecule has 8 heteroatoms. The standard InChI is InChI=1S/C6H6O3S2.Au.2K/c7-8-9-11-6-3-1-5(10)2-4-6;;;/h1-4,7,10H;;;/q;+1;;+1/p-2. The first-order valence-electron chi connectivity index (χ1n) is 2.73. The van der Waals surface area contributed by atoms with Crippen LogP contribution in [-0.4, -0.2) is 51.4 Å². The van der Waals surface area contributed by atoms with Gasteiger partial charge in [0.05, 0.1) is 12.0 Å². The van der Waals surface area contributed by atoms with Gasteiger partial charge in [0.2, 0.25) is 0 Å². The summed E-state index contributed by atoms with van der Waals surface area (Å²) in [6.45, 7) is 0. The van der Waals surface area contributed by atoms with Crippen molar-refractivity contribution in [2.45, 2.75) is 9.79 Å². The Labute approximate surface area is 193 Å². The van der Waals surface area contributed by atoms with Crippen LogP contribution >= 0.6 is 12.0 Å². The molecular weight excluding hydrogens is 459 g/mol. The molecule has 0 saturated heterocycles. The second-order valence-corrected chi connectivity index (χ2v) is 2.94. The summed E-state index contributed by atoms with van der Waals surface area (Å²) in [5.74, 6) is 0. The SMILES string of the molecule is [Au+].[K+].[K].[O-]OOSc1ccc([S-])cc1. The molecule has 0 fully saturated rings. The Kier molecular flexibility index (Phi) is 24.0. The van der Waals surface area contributed by atoms with Crippen LogP contribution in [0.2, 0.25) is 0 Å². The van der Waals surface area contributed by atoms with E-state index >= 15 is 0 Å². The van der Waals surface area contributed by atoms with Gasteiger partial charge in [0.25, 0.3) is 0 Å². The molecule has 1 aromatic carbocycles. The van der Waals surface area contributed by atoms with E-state index in [1.807, 2.05) is 0 Å². The summed E-state index contributed by atoms with van der Waals surface area (Å²) in [7, 11) is 0. The molecule has 3 nitrogen and oxygen atoms in total. The largest absolute Gasteiger partial charge is 1.00 e. The summed E-state index contributed by atoms with van der Waals surface area (Å²) >= 11 is 5.69. The average Bonchev–Trinajstić information content (AvgIpc) is 2.04. The van der Waals surface area contributed by atoms with Gasteiger partial charge in [-0.1, -0.05) is 12.1 Å². The van der Waals surface area contributed by atoms with Crippen LogP contribution in [-0.2, 0) is 44.4 Å². The van der Waals surface area contributed by atoms with Gasteiger partial charge in [-0.2, -0.15) is 9.23 Å². The van der Waals surface area contributed by atoms with Gasteiger partial charge in [0.1, 0.15) is 0 Å². The van der Waals surface area contributed by atoms with Crippen molar-refractivity contribution in [3.05, 3.63) is 24.3 Å². The minimum Gasteiger partial charge on any atom is -0.780 e. The minimum absolute atomic E-state index is 0. The van der Waals surface area contributed by atoms with Gasteiger partial charge in [-0.3, -0.25) is 5.04 Å². The zero-order chi connectivity index (χ0) is 8.10. The van der Waals surface area contributed by atoms with E-state index in [2.05, 4.69) is 9.37 Å². The van der Waals surface area contributed by atoms with Crippen molar-refractivity contribution in [3.8, 4) is 0 Å². The van der Waals surface area contributed by atoms with E-state index in [0.717, 1.165) is 21.8 Å². The molecule has 0 aromatic heterocycles. The number of hydrogen-bond acceptors (Lipinski definition) is 5. The molecule has 0 N–H and O–H groups in total. The van der Waals surface area contributed by atoms with E-state index in [-0.39, 0.29) is 125 Å². The maximum absolute atomic E-state index is 9.41. The van der Waals surface area contributed by atoms with E-state index in [1.54, 1.807) is 24.3 Å². The predicted molar refractivity (Wildman–Crippen MR) is 45.9 cm³/mol. The first kappa shape index (κ1) is 22.8. The summed E-state index contributed by atoms with van der Waals surface area (Å²) in [6, 6.07) is 6.97. The Morgan fingerprint density at radius 1 is 1.21 bits per heavy atom. The van der Waals surface area contributed by atoms with Crippen molar-refractivity contribution in [1.29, 1.82) is 0 Å². The molecule has 0 aliphatic heterocycles. The Morgan fingerprint density at radius 3 is 2.14 bits per heavy atom. The molecule has 0 amide bonds. The van der Waals surface area contributed by atoms with Crippen LogP contribution < -0.4 is 56.6 Å². The molecule has 14 heavy (non-hydrogen) atoms. The van der Waals surface area contributed by atoms with Crippen molar-refractivity contribution in [3.63, 3.8) is 0 Å². The summed E-state index contributed by atoms with van der Waals surface area (Å²) in [5, 5.41) is 12.6. The molecule has 0 saturated carbocycles. The van der Waals surface area contributed by atoms with E-state index in [1.165, 1.54) is 0 Å². The second-order valence-electron chi connectivity index (χ2n) is 1.69. The maximum atomic E-state index is 9.41. The van der Waals surface area contributed by atoms with E-state index < -0.39 is 0 Å². The summed E-state index contributed by atoms with van der Waals surface area (Å²) in [6.07, 6.45) is 0. The fourth-order valence-corrected chi connectivity index (χ4v) is 1.04. The van der Waals surface area contributed by atoms with Crippen LogP contribution in [0.4, 0.5) is 0 Å². The van der Waals surface area contributed by atoms with E-state index in [0.29, 0.717) is 0 Å². The van der Waals surface area contributed by atoms with Gasteiger partial charge in [-0.25, -0.2) is 0 Å². The van der Waals surface area contributed by atoms with Crippen molar-refractivity contribution in [2.75, 3.05) is 0 Å². The topological polar surface area (TPSA) is 41.5 Å². The number of rotatable bonds is 3. The van der Waals surface area contributed by atoms with Crippen LogP contribution in [0.25, 0.3) is 0 Å². The van der Waals surface area contributed by atoms with Crippen molar-refractivity contribution >= 4 is 76.1 Å². The van der Waals surface area contributed by atoms with Gasteiger partial charge >= 0.3 is 73.8 Å². The average molecular weight is 463 g/mol. The first-order valence-corrected chi connectivity index (χ1v) is 3.88. The van der Waals surface area contributed by atoms with Crippen LogP contribution in [0.15, 0.2) is 34.1 Å². The summed E-state index contributed by atoms with van der Waals surface area (Å²) < 4.78 is 4.09. The van der Waals surface area contributed by atoms with Crippen molar-refractivity contribution < 1.29 is 88.4 Å². The third-order valence-electron chi connectivity index (χ3n) is 0.982. The quantitative estimate of drug-likeness (QED) is 0.162. The molecule has 1 radical (unpaired) electrons. The van der Waals surface area contributed by atoms with Gasteiger partial charge in [-0.05, 0) is 12.1 Å². The molecule has 0 unspecified atom stereocenters. The third-order valence-corrected chi connectivity index (χ3v) is 1.84. The van der Waals surface area contributed by atoms with E-state index in [4.69, 9.17) is 12.6 Å². The molecule has 1 aromatic rings. The molecule has 1 rings (SSSR count). The van der Waals surface area contributed by atoms with Gasteiger partial charge < -0.3 is 17.9 Å². The normalized spacial score (nSPS) is 7.79. The minimum atomic E-state index is 0. The number of benzene rings is 1.